The average molecular weight is 282 g/mol. The molecule has 19 heavy (non-hydrogen) atoms. The van der Waals surface area contributed by atoms with Crippen LogP contribution in [0.2, 0.25) is 0 Å². The van der Waals surface area contributed by atoms with Gasteiger partial charge in [0.2, 0.25) is 16.0 Å². The van der Waals surface area contributed by atoms with Crippen molar-refractivity contribution < 1.29 is 8.42 Å². The first kappa shape index (κ1) is 14.0. The van der Waals surface area contributed by atoms with Crippen LogP contribution in [0.5, 0.6) is 0 Å². The van der Waals surface area contributed by atoms with Crippen molar-refractivity contribution in [1.29, 1.82) is 0 Å². The lowest BCUT2D eigenvalue weighted by atomic mass is 9.97. The van der Waals surface area contributed by atoms with Crippen LogP contribution in [-0.2, 0) is 10.0 Å². The van der Waals surface area contributed by atoms with Crippen molar-refractivity contribution in [2.75, 3.05) is 12.3 Å². The fourth-order valence-electron chi connectivity index (χ4n) is 2.03. The van der Waals surface area contributed by atoms with Crippen molar-refractivity contribution in [3.63, 3.8) is 0 Å². The van der Waals surface area contributed by atoms with Gasteiger partial charge in [-0.1, -0.05) is 11.6 Å². The summed E-state index contributed by atoms with van der Waals surface area (Å²) < 4.78 is 26.4. The monoisotopic (exact) mass is 282 g/mol. The Morgan fingerprint density at radius 2 is 2.00 bits per heavy atom. The molecule has 1 heterocycles. The van der Waals surface area contributed by atoms with Crippen LogP contribution in [0.25, 0.3) is 0 Å². The summed E-state index contributed by atoms with van der Waals surface area (Å²) in [6.45, 7) is 0.401. The normalized spacial score (nSPS) is 16.1. The lowest BCUT2D eigenvalue weighted by Gasteiger charge is -2.13. The summed E-state index contributed by atoms with van der Waals surface area (Å²) in [5.41, 5.74) is 6.66. The molecule has 104 valence electrons. The molecule has 0 aliphatic heterocycles. The SMILES string of the molecule is Nc1ncc(S(=O)(=O)NCCC2=CCCCC2)cn1. The minimum absolute atomic E-state index is 0.0410. The van der Waals surface area contributed by atoms with Crippen molar-refractivity contribution in [1.82, 2.24) is 14.7 Å². The van der Waals surface area contributed by atoms with E-state index in [0.717, 1.165) is 19.3 Å². The molecule has 0 fully saturated rings. The number of anilines is 1. The fraction of sp³-hybridized carbons (Fsp3) is 0.500. The highest BCUT2D eigenvalue weighted by molar-refractivity contribution is 7.89. The quantitative estimate of drug-likeness (QED) is 0.791. The Morgan fingerprint density at radius 3 is 2.63 bits per heavy atom. The molecular formula is C12H18N4O2S. The molecule has 1 aromatic rings. The predicted molar refractivity (Wildman–Crippen MR) is 72.8 cm³/mol. The molecule has 0 radical (unpaired) electrons. The third kappa shape index (κ3) is 4.00. The standard InChI is InChI=1S/C12H18N4O2S/c13-12-14-8-11(9-15-12)19(17,18)16-7-6-10-4-2-1-3-5-10/h4,8-9,16H,1-3,5-7H2,(H2,13,14,15). The van der Waals surface area contributed by atoms with E-state index in [-0.39, 0.29) is 10.8 Å². The number of hydrogen-bond acceptors (Lipinski definition) is 5. The highest BCUT2D eigenvalue weighted by Gasteiger charge is 2.14. The minimum Gasteiger partial charge on any atom is -0.368 e. The summed E-state index contributed by atoms with van der Waals surface area (Å²) in [6.07, 6.45) is 10.0. The number of aromatic nitrogens is 2. The molecule has 0 saturated carbocycles. The zero-order valence-corrected chi connectivity index (χ0v) is 11.5. The van der Waals surface area contributed by atoms with Crippen LogP contribution < -0.4 is 10.5 Å². The van der Waals surface area contributed by atoms with Crippen molar-refractivity contribution in [2.45, 2.75) is 37.0 Å². The Balaban J connectivity index is 1.90. The van der Waals surface area contributed by atoms with Crippen LogP contribution in [0.1, 0.15) is 32.1 Å². The van der Waals surface area contributed by atoms with Crippen LogP contribution in [0.15, 0.2) is 28.9 Å². The van der Waals surface area contributed by atoms with Gasteiger partial charge in [-0.3, -0.25) is 0 Å². The summed E-state index contributed by atoms with van der Waals surface area (Å²) in [7, 11) is -3.54. The molecule has 0 aromatic carbocycles. The van der Waals surface area contributed by atoms with E-state index >= 15 is 0 Å². The number of nitrogens with two attached hydrogens (primary N) is 1. The molecule has 0 atom stereocenters. The fourth-order valence-corrected chi connectivity index (χ4v) is 2.95. The van der Waals surface area contributed by atoms with Gasteiger partial charge in [-0.25, -0.2) is 23.1 Å². The number of hydrogen-bond donors (Lipinski definition) is 2. The lowest BCUT2D eigenvalue weighted by molar-refractivity contribution is 0.578. The third-order valence-corrected chi connectivity index (χ3v) is 4.50. The molecule has 0 bridgehead atoms. The summed E-state index contributed by atoms with van der Waals surface area (Å²) >= 11 is 0. The largest absolute Gasteiger partial charge is 0.368 e. The van der Waals surface area contributed by atoms with Gasteiger partial charge in [0.05, 0.1) is 12.4 Å². The Bertz CT molecular complexity index is 552. The van der Waals surface area contributed by atoms with Crippen molar-refractivity contribution in [3.8, 4) is 0 Å². The van der Waals surface area contributed by atoms with E-state index in [0.29, 0.717) is 6.54 Å². The second-order valence-corrected chi connectivity index (χ2v) is 6.30. The Labute approximate surface area is 113 Å². The van der Waals surface area contributed by atoms with Gasteiger partial charge in [-0.15, -0.1) is 0 Å². The topological polar surface area (TPSA) is 98.0 Å². The molecular weight excluding hydrogens is 264 g/mol. The molecule has 6 nitrogen and oxygen atoms in total. The second kappa shape index (κ2) is 6.12. The highest BCUT2D eigenvalue weighted by Crippen LogP contribution is 2.19. The maximum absolute atomic E-state index is 11.9. The predicted octanol–water partition coefficient (Wildman–Crippen LogP) is 1.23. The maximum atomic E-state index is 11.9. The maximum Gasteiger partial charge on any atom is 0.243 e. The molecule has 1 aliphatic carbocycles. The van der Waals surface area contributed by atoms with Crippen molar-refractivity contribution >= 4 is 16.0 Å². The van der Waals surface area contributed by atoms with E-state index in [1.807, 2.05) is 0 Å². The molecule has 0 saturated heterocycles. The van der Waals surface area contributed by atoms with Gasteiger partial charge in [0.15, 0.2) is 0 Å². The van der Waals surface area contributed by atoms with Crippen LogP contribution >= 0.6 is 0 Å². The molecule has 0 unspecified atom stereocenters. The molecule has 0 spiro atoms. The smallest absolute Gasteiger partial charge is 0.243 e. The number of rotatable bonds is 5. The summed E-state index contributed by atoms with van der Waals surface area (Å²) in [5.74, 6) is 0.0614. The molecule has 7 heteroatoms. The zero-order chi connectivity index (χ0) is 13.7. The van der Waals surface area contributed by atoms with Gasteiger partial charge in [-0.05, 0) is 32.1 Å². The van der Waals surface area contributed by atoms with Gasteiger partial charge in [0, 0.05) is 6.54 Å². The van der Waals surface area contributed by atoms with E-state index in [1.165, 1.54) is 30.8 Å². The van der Waals surface area contributed by atoms with Crippen LogP contribution in [0.3, 0.4) is 0 Å². The van der Waals surface area contributed by atoms with E-state index in [4.69, 9.17) is 5.73 Å². The van der Waals surface area contributed by atoms with Crippen LogP contribution in [0, 0.1) is 0 Å². The van der Waals surface area contributed by atoms with Gasteiger partial charge in [0.25, 0.3) is 0 Å². The number of nitrogen functional groups attached to an aromatic ring is 1. The van der Waals surface area contributed by atoms with Crippen LogP contribution in [-0.4, -0.2) is 24.9 Å². The van der Waals surface area contributed by atoms with E-state index in [9.17, 15) is 8.42 Å². The average Bonchev–Trinajstić information content (AvgIpc) is 2.40. The van der Waals surface area contributed by atoms with E-state index in [2.05, 4.69) is 20.8 Å². The molecule has 2 rings (SSSR count). The first-order chi connectivity index (χ1) is 9.08. The summed E-state index contributed by atoms with van der Waals surface area (Å²) in [6, 6.07) is 0. The van der Waals surface area contributed by atoms with Crippen molar-refractivity contribution in [3.05, 3.63) is 24.0 Å². The second-order valence-electron chi connectivity index (χ2n) is 4.53. The van der Waals surface area contributed by atoms with Crippen molar-refractivity contribution in [2.24, 2.45) is 0 Å². The third-order valence-electron chi connectivity index (χ3n) is 3.08. The Kier molecular flexibility index (Phi) is 4.49. The first-order valence-electron chi connectivity index (χ1n) is 6.33. The van der Waals surface area contributed by atoms with E-state index < -0.39 is 10.0 Å². The number of nitrogens with zero attached hydrogens (tertiary/aromatic N) is 2. The number of nitrogens with one attached hydrogen (secondary N) is 1. The Hall–Kier alpha value is -1.47. The van der Waals surface area contributed by atoms with Gasteiger partial charge in [0.1, 0.15) is 4.90 Å². The number of sulfonamides is 1. The van der Waals surface area contributed by atoms with Gasteiger partial charge in [-0.2, -0.15) is 0 Å². The van der Waals surface area contributed by atoms with Crippen LogP contribution in [0.4, 0.5) is 5.95 Å². The molecule has 1 aromatic heterocycles. The first-order valence-corrected chi connectivity index (χ1v) is 7.81. The van der Waals surface area contributed by atoms with Gasteiger partial charge < -0.3 is 5.73 Å². The zero-order valence-electron chi connectivity index (χ0n) is 10.7. The Morgan fingerprint density at radius 1 is 1.26 bits per heavy atom. The minimum atomic E-state index is -3.54. The molecule has 1 aliphatic rings. The van der Waals surface area contributed by atoms with Gasteiger partial charge >= 0.3 is 0 Å². The highest BCUT2D eigenvalue weighted by atomic mass is 32.2. The number of allylic oxidation sites excluding steroid dienone is 1. The summed E-state index contributed by atoms with van der Waals surface area (Å²) in [4.78, 5) is 7.40. The van der Waals surface area contributed by atoms with E-state index in [1.54, 1.807) is 0 Å². The lowest BCUT2D eigenvalue weighted by Crippen LogP contribution is -2.25. The molecule has 3 N–H and O–H groups in total. The molecule has 0 amide bonds. The summed E-state index contributed by atoms with van der Waals surface area (Å²) in [5, 5.41) is 0.